The van der Waals surface area contributed by atoms with Crippen LogP contribution in [0.3, 0.4) is 0 Å². The van der Waals surface area contributed by atoms with Crippen molar-refractivity contribution >= 4 is 35.6 Å². The molecule has 0 aliphatic carbocycles. The summed E-state index contributed by atoms with van der Waals surface area (Å²) in [6.07, 6.45) is -0.482. The Balaban J connectivity index is 5.27. The van der Waals surface area contributed by atoms with Crippen molar-refractivity contribution in [1.82, 2.24) is 16.0 Å². The van der Waals surface area contributed by atoms with Gasteiger partial charge in [-0.15, -0.1) is 0 Å². The molecule has 0 aliphatic heterocycles. The normalized spacial score (nSPS) is 14.3. The van der Waals surface area contributed by atoms with Crippen LogP contribution in [0.25, 0.3) is 0 Å². The molecule has 188 valence electrons. The molecule has 15 nitrogen and oxygen atoms in total. The van der Waals surface area contributed by atoms with Crippen LogP contribution in [0.2, 0.25) is 0 Å². The summed E-state index contributed by atoms with van der Waals surface area (Å²) < 4.78 is 0. The number of rotatable bonds is 15. The molecule has 15 heteroatoms. The zero-order chi connectivity index (χ0) is 25.7. The van der Waals surface area contributed by atoms with Crippen LogP contribution in [0.5, 0.6) is 0 Å². The number of nitrogens with two attached hydrogens (primary N) is 4. The third-order valence-electron chi connectivity index (χ3n) is 4.43. The van der Waals surface area contributed by atoms with Crippen molar-refractivity contribution in [2.75, 3.05) is 13.2 Å². The summed E-state index contributed by atoms with van der Waals surface area (Å²) in [5, 5.41) is 25.4. The first-order valence-corrected chi connectivity index (χ1v) is 10.1. The fourth-order valence-electron chi connectivity index (χ4n) is 2.48. The third-order valence-corrected chi connectivity index (χ3v) is 4.43. The van der Waals surface area contributed by atoms with Gasteiger partial charge in [-0.1, -0.05) is 13.8 Å². The van der Waals surface area contributed by atoms with E-state index in [-0.39, 0.29) is 31.3 Å². The summed E-state index contributed by atoms with van der Waals surface area (Å²) >= 11 is 0. The molecule has 0 bridgehead atoms. The first-order valence-electron chi connectivity index (χ1n) is 10.1. The van der Waals surface area contributed by atoms with Gasteiger partial charge < -0.3 is 49.1 Å². The van der Waals surface area contributed by atoms with Crippen LogP contribution in [0.15, 0.2) is 4.99 Å². The highest BCUT2D eigenvalue weighted by molar-refractivity contribution is 5.96. The molecule has 0 radical (unpaired) electrons. The van der Waals surface area contributed by atoms with Crippen LogP contribution in [0.4, 0.5) is 0 Å². The maximum atomic E-state index is 12.6. The van der Waals surface area contributed by atoms with Crippen molar-refractivity contribution in [1.29, 1.82) is 0 Å². The highest BCUT2D eigenvalue weighted by Crippen LogP contribution is 2.03. The molecule has 0 rings (SSSR count). The number of hydrogen-bond donors (Lipinski definition) is 9. The number of carbonyl (C=O) groups excluding carboxylic acids is 4. The quantitative estimate of drug-likeness (QED) is 0.0622. The Morgan fingerprint density at radius 3 is 1.85 bits per heavy atom. The predicted molar refractivity (Wildman–Crippen MR) is 117 cm³/mol. The third kappa shape index (κ3) is 11.6. The molecule has 13 N–H and O–H groups in total. The molecule has 0 saturated heterocycles. The van der Waals surface area contributed by atoms with Gasteiger partial charge in [-0.05, 0) is 18.8 Å². The summed E-state index contributed by atoms with van der Waals surface area (Å²) in [5.74, 6) is -5.44. The van der Waals surface area contributed by atoms with E-state index in [0.29, 0.717) is 0 Å². The second-order valence-electron chi connectivity index (χ2n) is 7.59. The van der Waals surface area contributed by atoms with E-state index in [1.807, 2.05) is 0 Å². The Bertz CT molecular complexity index is 739. The number of primary amides is 1. The van der Waals surface area contributed by atoms with Crippen molar-refractivity contribution in [2.45, 2.75) is 57.3 Å². The number of aliphatic carboxylic acids is 1. The molecule has 4 atom stereocenters. The predicted octanol–water partition coefficient (Wildman–Crippen LogP) is -4.57. The molecule has 0 spiro atoms. The number of nitrogens with one attached hydrogen (secondary N) is 3. The van der Waals surface area contributed by atoms with Gasteiger partial charge in [-0.3, -0.25) is 24.2 Å². The number of carboxylic acids is 1. The largest absolute Gasteiger partial charge is 0.480 e. The fraction of sp³-hybridized carbons (Fsp3) is 0.667. The minimum Gasteiger partial charge on any atom is -0.480 e. The van der Waals surface area contributed by atoms with Crippen molar-refractivity contribution in [3.8, 4) is 0 Å². The van der Waals surface area contributed by atoms with Crippen molar-refractivity contribution < 1.29 is 34.2 Å². The molecule has 4 unspecified atom stereocenters. The lowest BCUT2D eigenvalue weighted by atomic mass is 10.0. The van der Waals surface area contributed by atoms with Crippen LogP contribution in [-0.4, -0.2) is 83.1 Å². The lowest BCUT2D eigenvalue weighted by molar-refractivity contribution is -0.142. The monoisotopic (exact) mass is 474 g/mol. The van der Waals surface area contributed by atoms with Crippen LogP contribution in [0.1, 0.15) is 33.1 Å². The lowest BCUT2D eigenvalue weighted by Gasteiger charge is -2.24. The van der Waals surface area contributed by atoms with Gasteiger partial charge in [0.1, 0.15) is 18.1 Å². The highest BCUT2D eigenvalue weighted by Gasteiger charge is 2.31. The molecule has 0 aliphatic rings. The van der Waals surface area contributed by atoms with Gasteiger partial charge >= 0.3 is 5.97 Å². The maximum absolute atomic E-state index is 12.6. The number of aliphatic hydroxyl groups excluding tert-OH is 1. The van der Waals surface area contributed by atoms with E-state index in [1.165, 1.54) is 0 Å². The van der Waals surface area contributed by atoms with Gasteiger partial charge in [0.15, 0.2) is 5.96 Å². The van der Waals surface area contributed by atoms with Crippen molar-refractivity contribution in [2.24, 2.45) is 33.8 Å². The fourth-order valence-corrected chi connectivity index (χ4v) is 2.48. The van der Waals surface area contributed by atoms with E-state index >= 15 is 0 Å². The molecule has 0 heterocycles. The Kier molecular flexibility index (Phi) is 13.0. The van der Waals surface area contributed by atoms with Gasteiger partial charge in [0.2, 0.25) is 23.6 Å². The topological polar surface area (TPSA) is 278 Å². The minimum atomic E-state index is -1.56. The van der Waals surface area contributed by atoms with E-state index in [0.717, 1.165) is 0 Å². The molecule has 0 aromatic heterocycles. The van der Waals surface area contributed by atoms with Gasteiger partial charge in [0.05, 0.1) is 19.1 Å². The molecule has 0 fully saturated rings. The number of carbonyl (C=O) groups is 5. The standard InChI is InChI=1S/C18H34N8O7/c1-8(2)13(20)16(31)26-11(7-27)15(30)25-10(6-12(19)28)14(29)24-9(17(32)33)4-3-5-23-18(21)22/h8-11,13,27H,3-7,20H2,1-2H3,(H2,19,28)(H,24,29)(H,25,30)(H,26,31)(H,32,33)(H4,21,22,23). The van der Waals surface area contributed by atoms with Crippen molar-refractivity contribution in [3.63, 3.8) is 0 Å². The average molecular weight is 475 g/mol. The van der Waals surface area contributed by atoms with Crippen LogP contribution in [-0.2, 0) is 24.0 Å². The molecule has 0 saturated carbocycles. The van der Waals surface area contributed by atoms with Gasteiger partial charge in [-0.2, -0.15) is 0 Å². The number of hydrogen-bond acceptors (Lipinski definition) is 8. The highest BCUT2D eigenvalue weighted by atomic mass is 16.4. The zero-order valence-corrected chi connectivity index (χ0v) is 18.6. The molecule has 0 aromatic rings. The summed E-state index contributed by atoms with van der Waals surface area (Å²) in [5.41, 5.74) is 21.2. The van der Waals surface area contributed by atoms with Gasteiger partial charge in [-0.25, -0.2) is 4.79 Å². The van der Waals surface area contributed by atoms with E-state index in [2.05, 4.69) is 20.9 Å². The number of carboxylic acid groups (broad SMARTS) is 1. The Labute approximate surface area is 190 Å². The Morgan fingerprint density at radius 2 is 1.39 bits per heavy atom. The number of aliphatic imine (C=N–C) groups is 1. The van der Waals surface area contributed by atoms with E-state index in [9.17, 15) is 34.2 Å². The second kappa shape index (κ2) is 14.6. The number of nitrogens with zero attached hydrogens (tertiary/aromatic N) is 1. The van der Waals surface area contributed by atoms with Gasteiger partial charge in [0.25, 0.3) is 0 Å². The van der Waals surface area contributed by atoms with E-state index < -0.39 is 66.8 Å². The molecular weight excluding hydrogens is 440 g/mol. The van der Waals surface area contributed by atoms with Gasteiger partial charge in [0, 0.05) is 6.54 Å². The zero-order valence-electron chi connectivity index (χ0n) is 18.6. The number of amides is 4. The Morgan fingerprint density at radius 1 is 0.879 bits per heavy atom. The summed E-state index contributed by atoms with van der Waals surface area (Å²) in [7, 11) is 0. The minimum absolute atomic E-state index is 0.0441. The summed E-state index contributed by atoms with van der Waals surface area (Å²) in [6, 6.07) is -5.34. The molecule has 0 aromatic carbocycles. The smallest absolute Gasteiger partial charge is 0.326 e. The van der Waals surface area contributed by atoms with Crippen molar-refractivity contribution in [3.05, 3.63) is 0 Å². The second-order valence-corrected chi connectivity index (χ2v) is 7.59. The molecule has 4 amide bonds. The molecule has 33 heavy (non-hydrogen) atoms. The van der Waals surface area contributed by atoms with E-state index in [1.54, 1.807) is 13.8 Å². The Hall–Kier alpha value is -3.46. The summed E-state index contributed by atoms with van der Waals surface area (Å²) in [6.45, 7) is 2.67. The maximum Gasteiger partial charge on any atom is 0.326 e. The first-order chi connectivity index (χ1) is 15.3. The lowest BCUT2D eigenvalue weighted by Crippen LogP contribution is -2.59. The average Bonchev–Trinajstić information content (AvgIpc) is 2.71. The summed E-state index contributed by atoms with van der Waals surface area (Å²) in [4.78, 5) is 63.6. The first kappa shape index (κ1) is 29.5. The van der Waals surface area contributed by atoms with E-state index in [4.69, 9.17) is 22.9 Å². The van der Waals surface area contributed by atoms with Crippen LogP contribution >= 0.6 is 0 Å². The van der Waals surface area contributed by atoms with Crippen LogP contribution < -0.4 is 38.9 Å². The SMILES string of the molecule is CC(C)C(N)C(=O)NC(CO)C(=O)NC(CC(N)=O)C(=O)NC(CCCN=C(N)N)C(=O)O. The number of aliphatic hydroxyl groups is 1. The molecular formula is C18H34N8O7. The number of guanidine groups is 1. The van der Waals surface area contributed by atoms with Crippen LogP contribution in [0, 0.1) is 5.92 Å².